The van der Waals surface area contributed by atoms with Gasteiger partial charge in [0.2, 0.25) is 0 Å². The summed E-state index contributed by atoms with van der Waals surface area (Å²) < 4.78 is 1.67. The number of nitrogens with two attached hydrogens (primary N) is 1. The molecule has 3 nitrogen and oxygen atoms in total. The van der Waals surface area contributed by atoms with E-state index in [1.165, 1.54) is 0 Å². The Hall–Kier alpha value is -1.77. The van der Waals surface area contributed by atoms with Crippen molar-refractivity contribution in [2.24, 2.45) is 5.41 Å². The number of aromatic nitrogens is 1. The van der Waals surface area contributed by atoms with E-state index in [4.69, 9.17) is 5.73 Å². The van der Waals surface area contributed by atoms with Crippen LogP contribution in [0.3, 0.4) is 0 Å². The Kier molecular flexibility index (Phi) is 3.16. The first-order valence-electron chi connectivity index (χ1n) is 6.26. The van der Waals surface area contributed by atoms with Gasteiger partial charge in [-0.1, -0.05) is 39.0 Å². The maximum Gasteiger partial charge on any atom is 0.259 e. The number of benzene rings is 1. The third-order valence-corrected chi connectivity index (χ3v) is 3.14. The number of hydrogen-bond acceptors (Lipinski definition) is 2. The number of rotatable bonds is 2. The highest BCUT2D eigenvalue weighted by Gasteiger charge is 2.13. The summed E-state index contributed by atoms with van der Waals surface area (Å²) in [5.74, 6) is 0.544. The van der Waals surface area contributed by atoms with Crippen molar-refractivity contribution in [2.45, 2.75) is 33.7 Å². The Morgan fingerprint density at radius 3 is 2.56 bits per heavy atom. The number of anilines is 1. The fourth-order valence-corrected chi connectivity index (χ4v) is 2.00. The molecule has 0 saturated carbocycles. The molecule has 3 heteroatoms. The maximum atomic E-state index is 12.3. The van der Waals surface area contributed by atoms with Crippen molar-refractivity contribution in [1.29, 1.82) is 0 Å². The normalized spacial score (nSPS) is 11.9. The van der Waals surface area contributed by atoms with E-state index < -0.39 is 0 Å². The van der Waals surface area contributed by atoms with Crippen molar-refractivity contribution < 1.29 is 0 Å². The van der Waals surface area contributed by atoms with E-state index in [0.29, 0.717) is 12.4 Å². The van der Waals surface area contributed by atoms with Crippen molar-refractivity contribution in [2.75, 3.05) is 5.73 Å². The first-order valence-corrected chi connectivity index (χ1v) is 6.26. The van der Waals surface area contributed by atoms with Gasteiger partial charge in [0, 0.05) is 11.9 Å². The third kappa shape index (κ3) is 2.55. The summed E-state index contributed by atoms with van der Waals surface area (Å²) in [6.07, 6.45) is 0.926. The molecule has 96 valence electrons. The van der Waals surface area contributed by atoms with Crippen LogP contribution in [0, 0.1) is 5.41 Å². The number of nitrogens with zero attached hydrogens (tertiary/aromatic N) is 1. The van der Waals surface area contributed by atoms with Gasteiger partial charge in [0.25, 0.3) is 5.56 Å². The summed E-state index contributed by atoms with van der Waals surface area (Å²) in [6, 6.07) is 9.44. The zero-order valence-corrected chi connectivity index (χ0v) is 11.2. The molecule has 0 unspecified atom stereocenters. The van der Waals surface area contributed by atoms with E-state index in [-0.39, 0.29) is 11.0 Å². The summed E-state index contributed by atoms with van der Waals surface area (Å²) in [5, 5.41) is 1.65. The van der Waals surface area contributed by atoms with Gasteiger partial charge in [-0.2, -0.15) is 0 Å². The zero-order valence-electron chi connectivity index (χ0n) is 11.2. The van der Waals surface area contributed by atoms with Gasteiger partial charge in [-0.05, 0) is 29.4 Å². The molecule has 0 bridgehead atoms. The second kappa shape index (κ2) is 4.48. The molecule has 1 aromatic heterocycles. The SMILES string of the molecule is CC(C)(C)CCn1c(N)cc2ccccc2c1=O. The Bertz CT molecular complexity index is 620. The number of pyridine rings is 1. The highest BCUT2D eigenvalue weighted by molar-refractivity contribution is 5.83. The molecular formula is C15H20N2O. The van der Waals surface area contributed by atoms with Crippen LogP contribution in [0.2, 0.25) is 0 Å². The van der Waals surface area contributed by atoms with E-state index in [2.05, 4.69) is 20.8 Å². The van der Waals surface area contributed by atoms with E-state index >= 15 is 0 Å². The molecule has 0 saturated heterocycles. The van der Waals surface area contributed by atoms with Crippen molar-refractivity contribution >= 4 is 16.6 Å². The minimum Gasteiger partial charge on any atom is -0.385 e. The molecule has 0 amide bonds. The molecule has 2 rings (SSSR count). The van der Waals surface area contributed by atoms with Crippen LogP contribution in [0.15, 0.2) is 35.1 Å². The molecule has 0 atom stereocenters. The largest absolute Gasteiger partial charge is 0.385 e. The maximum absolute atomic E-state index is 12.3. The van der Waals surface area contributed by atoms with Crippen molar-refractivity contribution in [3.8, 4) is 0 Å². The second-order valence-corrected chi connectivity index (χ2v) is 5.92. The predicted octanol–water partition coefficient (Wildman–Crippen LogP) is 3.02. The van der Waals surface area contributed by atoms with Gasteiger partial charge < -0.3 is 5.73 Å². The molecule has 0 spiro atoms. The smallest absolute Gasteiger partial charge is 0.259 e. The van der Waals surface area contributed by atoms with Gasteiger partial charge in [-0.3, -0.25) is 9.36 Å². The lowest BCUT2D eigenvalue weighted by atomic mass is 9.92. The van der Waals surface area contributed by atoms with Crippen molar-refractivity contribution in [1.82, 2.24) is 4.57 Å². The lowest BCUT2D eigenvalue weighted by Gasteiger charge is -2.19. The summed E-state index contributed by atoms with van der Waals surface area (Å²) in [5.41, 5.74) is 6.18. The van der Waals surface area contributed by atoms with E-state index in [1.54, 1.807) is 4.57 Å². The molecule has 0 fully saturated rings. The number of nitrogen functional groups attached to an aromatic ring is 1. The Morgan fingerprint density at radius 2 is 1.89 bits per heavy atom. The van der Waals surface area contributed by atoms with Crippen LogP contribution < -0.4 is 11.3 Å². The number of fused-ring (bicyclic) bond motifs is 1. The molecular weight excluding hydrogens is 224 g/mol. The van der Waals surface area contributed by atoms with Crippen LogP contribution in [0.4, 0.5) is 5.82 Å². The fourth-order valence-electron chi connectivity index (χ4n) is 2.00. The van der Waals surface area contributed by atoms with Gasteiger partial charge in [0.05, 0.1) is 0 Å². The molecule has 0 aliphatic rings. The minimum absolute atomic E-state index is 0.00912. The summed E-state index contributed by atoms with van der Waals surface area (Å²) in [4.78, 5) is 12.3. The van der Waals surface area contributed by atoms with Gasteiger partial charge in [-0.25, -0.2) is 0 Å². The monoisotopic (exact) mass is 244 g/mol. The first-order chi connectivity index (χ1) is 8.38. The molecule has 2 aromatic rings. The van der Waals surface area contributed by atoms with E-state index in [9.17, 15) is 4.79 Å². The second-order valence-electron chi connectivity index (χ2n) is 5.92. The highest BCUT2D eigenvalue weighted by atomic mass is 16.1. The van der Waals surface area contributed by atoms with Gasteiger partial charge in [-0.15, -0.1) is 0 Å². The zero-order chi connectivity index (χ0) is 13.3. The Balaban J connectivity index is 2.48. The average molecular weight is 244 g/mol. The van der Waals surface area contributed by atoms with Gasteiger partial charge in [0.1, 0.15) is 5.82 Å². The summed E-state index contributed by atoms with van der Waals surface area (Å²) in [6.45, 7) is 7.15. The molecule has 0 aliphatic heterocycles. The van der Waals surface area contributed by atoms with Crippen LogP contribution in [-0.4, -0.2) is 4.57 Å². The van der Waals surface area contributed by atoms with Crippen LogP contribution in [0.1, 0.15) is 27.2 Å². The lowest BCUT2D eigenvalue weighted by Crippen LogP contribution is -2.25. The molecule has 18 heavy (non-hydrogen) atoms. The molecule has 0 radical (unpaired) electrons. The van der Waals surface area contributed by atoms with Gasteiger partial charge >= 0.3 is 0 Å². The Morgan fingerprint density at radius 1 is 1.22 bits per heavy atom. The number of hydrogen-bond donors (Lipinski definition) is 1. The molecule has 0 aliphatic carbocycles. The van der Waals surface area contributed by atoms with Crippen LogP contribution in [-0.2, 0) is 6.54 Å². The first kappa shape index (κ1) is 12.7. The standard InChI is InChI=1S/C15H20N2O/c1-15(2,3)8-9-17-13(16)10-11-6-4-5-7-12(11)14(17)18/h4-7,10H,8-9,16H2,1-3H3. The molecule has 1 heterocycles. The van der Waals surface area contributed by atoms with E-state index in [1.807, 2.05) is 30.3 Å². The fraction of sp³-hybridized carbons (Fsp3) is 0.400. The summed E-state index contributed by atoms with van der Waals surface area (Å²) >= 11 is 0. The molecule has 2 N–H and O–H groups in total. The summed E-state index contributed by atoms with van der Waals surface area (Å²) in [7, 11) is 0. The van der Waals surface area contributed by atoms with Crippen LogP contribution in [0.5, 0.6) is 0 Å². The quantitative estimate of drug-likeness (QED) is 0.882. The van der Waals surface area contributed by atoms with Crippen LogP contribution >= 0.6 is 0 Å². The van der Waals surface area contributed by atoms with Crippen molar-refractivity contribution in [3.63, 3.8) is 0 Å². The third-order valence-electron chi connectivity index (χ3n) is 3.14. The van der Waals surface area contributed by atoms with E-state index in [0.717, 1.165) is 17.2 Å². The van der Waals surface area contributed by atoms with Gasteiger partial charge in [0.15, 0.2) is 0 Å². The Labute approximate surface area is 107 Å². The minimum atomic E-state index is 0.00912. The topological polar surface area (TPSA) is 48.0 Å². The van der Waals surface area contributed by atoms with Crippen LogP contribution in [0.25, 0.3) is 10.8 Å². The molecule has 1 aromatic carbocycles. The average Bonchev–Trinajstić information content (AvgIpc) is 2.27. The lowest BCUT2D eigenvalue weighted by molar-refractivity contribution is 0.349. The predicted molar refractivity (Wildman–Crippen MR) is 76.7 cm³/mol. The van der Waals surface area contributed by atoms with Crippen molar-refractivity contribution in [3.05, 3.63) is 40.7 Å². The highest BCUT2D eigenvalue weighted by Crippen LogP contribution is 2.20.